The van der Waals surface area contributed by atoms with Gasteiger partial charge < -0.3 is 14.0 Å². The van der Waals surface area contributed by atoms with Gasteiger partial charge in [0, 0.05) is 17.2 Å². The molecule has 1 aliphatic carbocycles. The number of methoxy groups -OCH3 is 1. The molecule has 0 radical (unpaired) electrons. The molecule has 2 aliphatic rings. The Bertz CT molecular complexity index is 510. The number of ether oxygens (including phenoxy) is 1. The highest BCUT2D eigenvalue weighted by Gasteiger charge is 2.52. The zero-order chi connectivity index (χ0) is 14.5. The van der Waals surface area contributed by atoms with Crippen LogP contribution in [0.1, 0.15) is 52.0 Å². The van der Waals surface area contributed by atoms with Crippen LogP contribution in [0.4, 0.5) is 0 Å². The van der Waals surface area contributed by atoms with Gasteiger partial charge in [0.25, 0.3) is 0 Å². The molecule has 1 aromatic rings. The zero-order valence-corrected chi connectivity index (χ0v) is 12.9. The van der Waals surface area contributed by atoms with E-state index in [0.717, 1.165) is 11.3 Å². The number of pyridine rings is 1. The van der Waals surface area contributed by atoms with Crippen LogP contribution < -0.4 is 10.2 Å². The minimum absolute atomic E-state index is 0.322. The standard InChI is InChI=1S/C15H22BNO3/c1-14(2)15(3,4)20-16(19-14)11-8-12(10-6-7-10)13(18-5)17-9-11/h8-10H,6-7H2,1-5H3. The van der Waals surface area contributed by atoms with Gasteiger partial charge in [-0.25, -0.2) is 4.98 Å². The van der Waals surface area contributed by atoms with Gasteiger partial charge in [0.2, 0.25) is 5.88 Å². The van der Waals surface area contributed by atoms with Crippen LogP contribution in [0, 0.1) is 0 Å². The number of hydrogen-bond acceptors (Lipinski definition) is 4. The van der Waals surface area contributed by atoms with Crippen molar-refractivity contribution in [3.05, 3.63) is 17.8 Å². The third-order valence-electron chi connectivity index (χ3n) is 4.64. The highest BCUT2D eigenvalue weighted by atomic mass is 16.7. The van der Waals surface area contributed by atoms with E-state index in [1.807, 2.05) is 0 Å². The summed E-state index contributed by atoms with van der Waals surface area (Å²) in [6.07, 6.45) is 4.22. The third kappa shape index (κ3) is 2.23. The molecule has 2 heterocycles. The topological polar surface area (TPSA) is 40.6 Å². The first-order chi connectivity index (χ1) is 9.34. The molecule has 1 saturated carbocycles. The van der Waals surface area contributed by atoms with E-state index in [2.05, 4.69) is 38.7 Å². The second kappa shape index (κ2) is 4.47. The monoisotopic (exact) mass is 275 g/mol. The maximum Gasteiger partial charge on any atom is 0.496 e. The first-order valence-electron chi connectivity index (χ1n) is 7.23. The summed E-state index contributed by atoms with van der Waals surface area (Å²) in [6.45, 7) is 8.25. The van der Waals surface area contributed by atoms with Crippen molar-refractivity contribution in [2.75, 3.05) is 7.11 Å². The van der Waals surface area contributed by atoms with Gasteiger partial charge >= 0.3 is 7.12 Å². The second-order valence-corrected chi connectivity index (χ2v) is 6.73. The molecule has 0 N–H and O–H groups in total. The van der Waals surface area contributed by atoms with Crippen molar-refractivity contribution in [2.24, 2.45) is 0 Å². The summed E-state index contributed by atoms with van der Waals surface area (Å²) < 4.78 is 17.5. The average Bonchev–Trinajstić information content (AvgIpc) is 3.17. The lowest BCUT2D eigenvalue weighted by Crippen LogP contribution is -2.41. The first kappa shape index (κ1) is 13.9. The maximum absolute atomic E-state index is 6.08. The van der Waals surface area contributed by atoms with Crippen LogP contribution in [0.25, 0.3) is 0 Å². The van der Waals surface area contributed by atoms with Gasteiger partial charge in [0.15, 0.2) is 0 Å². The molecule has 5 heteroatoms. The summed E-state index contributed by atoms with van der Waals surface area (Å²) in [5.41, 5.74) is 1.51. The van der Waals surface area contributed by atoms with Gasteiger partial charge in [-0.1, -0.05) is 6.07 Å². The number of rotatable bonds is 3. The summed E-state index contributed by atoms with van der Waals surface area (Å²) >= 11 is 0. The maximum atomic E-state index is 6.08. The molecule has 0 atom stereocenters. The molecule has 1 aromatic heterocycles. The van der Waals surface area contributed by atoms with Gasteiger partial charge in [-0.3, -0.25) is 0 Å². The minimum Gasteiger partial charge on any atom is -0.481 e. The Morgan fingerprint density at radius 3 is 2.30 bits per heavy atom. The molecule has 0 spiro atoms. The largest absolute Gasteiger partial charge is 0.496 e. The highest BCUT2D eigenvalue weighted by molar-refractivity contribution is 6.62. The molecular weight excluding hydrogens is 253 g/mol. The fourth-order valence-electron chi connectivity index (χ4n) is 2.45. The zero-order valence-electron chi connectivity index (χ0n) is 12.9. The van der Waals surface area contributed by atoms with E-state index in [-0.39, 0.29) is 18.3 Å². The average molecular weight is 275 g/mol. The van der Waals surface area contributed by atoms with Gasteiger partial charge in [-0.05, 0) is 46.5 Å². The lowest BCUT2D eigenvalue weighted by Gasteiger charge is -2.32. The van der Waals surface area contributed by atoms with Crippen LogP contribution in [0.2, 0.25) is 0 Å². The van der Waals surface area contributed by atoms with E-state index in [1.54, 1.807) is 13.3 Å². The summed E-state index contributed by atoms with van der Waals surface area (Å²) in [5.74, 6) is 1.31. The Morgan fingerprint density at radius 2 is 1.80 bits per heavy atom. The van der Waals surface area contributed by atoms with Crippen molar-refractivity contribution in [1.82, 2.24) is 4.98 Å². The van der Waals surface area contributed by atoms with Gasteiger partial charge in [0.05, 0.1) is 18.3 Å². The quantitative estimate of drug-likeness (QED) is 0.793. The normalized spacial score (nSPS) is 23.9. The van der Waals surface area contributed by atoms with Crippen molar-refractivity contribution in [3.63, 3.8) is 0 Å². The minimum atomic E-state index is -0.351. The Morgan fingerprint density at radius 1 is 1.20 bits per heavy atom. The summed E-state index contributed by atoms with van der Waals surface area (Å²) in [4.78, 5) is 4.42. The fourth-order valence-corrected chi connectivity index (χ4v) is 2.45. The molecule has 0 bridgehead atoms. The van der Waals surface area contributed by atoms with E-state index in [0.29, 0.717) is 5.92 Å². The van der Waals surface area contributed by atoms with Gasteiger partial charge in [0.1, 0.15) is 0 Å². The summed E-state index contributed by atoms with van der Waals surface area (Å²) in [7, 11) is 1.32. The van der Waals surface area contributed by atoms with Crippen LogP contribution in [0.5, 0.6) is 5.88 Å². The Labute approximate surface area is 121 Å². The molecule has 0 unspecified atom stereocenters. The van der Waals surface area contributed by atoms with Gasteiger partial charge in [-0.2, -0.15) is 0 Å². The molecule has 4 nitrogen and oxygen atoms in total. The second-order valence-electron chi connectivity index (χ2n) is 6.73. The Balaban J connectivity index is 1.90. The summed E-state index contributed by atoms with van der Waals surface area (Å²) in [5, 5.41) is 0. The molecular formula is C15H22BNO3. The van der Waals surface area contributed by atoms with E-state index in [4.69, 9.17) is 14.0 Å². The van der Waals surface area contributed by atoms with Crippen LogP contribution in [-0.4, -0.2) is 30.4 Å². The van der Waals surface area contributed by atoms with Gasteiger partial charge in [-0.15, -0.1) is 0 Å². The van der Waals surface area contributed by atoms with Crippen LogP contribution in [0.3, 0.4) is 0 Å². The smallest absolute Gasteiger partial charge is 0.481 e. The highest BCUT2D eigenvalue weighted by Crippen LogP contribution is 2.43. The van der Waals surface area contributed by atoms with E-state index in [1.165, 1.54) is 18.4 Å². The van der Waals surface area contributed by atoms with E-state index >= 15 is 0 Å². The van der Waals surface area contributed by atoms with Crippen LogP contribution in [-0.2, 0) is 9.31 Å². The van der Waals surface area contributed by atoms with Crippen molar-refractivity contribution in [1.29, 1.82) is 0 Å². The van der Waals surface area contributed by atoms with Crippen molar-refractivity contribution < 1.29 is 14.0 Å². The number of hydrogen-bond donors (Lipinski definition) is 0. The first-order valence-corrected chi connectivity index (χ1v) is 7.23. The number of nitrogens with zero attached hydrogens (tertiary/aromatic N) is 1. The predicted octanol–water partition coefficient (Wildman–Crippen LogP) is 2.27. The van der Waals surface area contributed by atoms with Crippen LogP contribution in [0.15, 0.2) is 12.3 Å². The molecule has 0 amide bonds. The number of aromatic nitrogens is 1. The lowest BCUT2D eigenvalue weighted by atomic mass is 9.79. The Hall–Kier alpha value is -1.07. The van der Waals surface area contributed by atoms with E-state index in [9.17, 15) is 0 Å². The van der Waals surface area contributed by atoms with Crippen molar-refractivity contribution >= 4 is 12.6 Å². The molecule has 2 fully saturated rings. The fraction of sp³-hybridized carbons (Fsp3) is 0.667. The van der Waals surface area contributed by atoms with Crippen molar-refractivity contribution in [3.8, 4) is 5.88 Å². The van der Waals surface area contributed by atoms with Crippen LogP contribution >= 0.6 is 0 Å². The Kier molecular flexibility index (Phi) is 3.10. The van der Waals surface area contributed by atoms with E-state index < -0.39 is 0 Å². The predicted molar refractivity (Wildman–Crippen MR) is 78.5 cm³/mol. The van der Waals surface area contributed by atoms with Crippen molar-refractivity contribution in [2.45, 2.75) is 57.7 Å². The summed E-state index contributed by atoms with van der Waals surface area (Å²) in [6, 6.07) is 2.13. The lowest BCUT2D eigenvalue weighted by molar-refractivity contribution is 0.00578. The molecule has 0 aromatic carbocycles. The third-order valence-corrected chi connectivity index (χ3v) is 4.64. The SMILES string of the molecule is COc1ncc(B2OC(C)(C)C(C)(C)O2)cc1C1CC1. The molecule has 1 aliphatic heterocycles. The molecule has 108 valence electrons. The molecule has 20 heavy (non-hydrogen) atoms. The molecule has 1 saturated heterocycles. The molecule has 3 rings (SSSR count).